The first-order valence-electron chi connectivity index (χ1n) is 13.2. The summed E-state index contributed by atoms with van der Waals surface area (Å²) in [6, 6.07) is 13.2. The molecule has 2 aromatic rings. The van der Waals surface area contributed by atoms with Gasteiger partial charge in [0, 0.05) is 28.3 Å². The number of amides is 3. The third kappa shape index (κ3) is 4.31. The van der Waals surface area contributed by atoms with Crippen LogP contribution >= 0.6 is 23.2 Å². The monoisotopic (exact) mass is 553 g/mol. The van der Waals surface area contributed by atoms with Crippen LogP contribution in [0.5, 0.6) is 0 Å². The van der Waals surface area contributed by atoms with Gasteiger partial charge in [0.2, 0.25) is 17.7 Å². The van der Waals surface area contributed by atoms with Gasteiger partial charge in [-0.3, -0.25) is 14.4 Å². The standard InChI is InChI=1S/C29H29Cl2N3O4/c30-18-10-12-20(13-11-18)32-26(35)23-22-14-15-29(38-22)24(23)28(37)34(16-17-6-4-5-9-21(17)31)25(29)27(36)33-19-7-2-1-3-8-19/h4-6,9-15,19,22-25H,1-3,7-8,16H2,(H,32,35)(H,33,36)/t22-,23+,24-,25-,29-/m1/s1. The van der Waals surface area contributed by atoms with Crippen molar-refractivity contribution in [3.05, 3.63) is 76.3 Å². The lowest BCUT2D eigenvalue weighted by Crippen LogP contribution is -2.56. The van der Waals surface area contributed by atoms with Gasteiger partial charge in [0.1, 0.15) is 11.6 Å². The van der Waals surface area contributed by atoms with Crippen molar-refractivity contribution in [1.82, 2.24) is 10.2 Å². The van der Waals surface area contributed by atoms with Crippen LogP contribution in [0.25, 0.3) is 0 Å². The van der Waals surface area contributed by atoms with E-state index in [1.807, 2.05) is 30.4 Å². The zero-order valence-electron chi connectivity index (χ0n) is 20.7. The molecule has 6 rings (SSSR count). The van der Waals surface area contributed by atoms with Crippen molar-refractivity contribution >= 4 is 46.6 Å². The number of hydrogen-bond donors (Lipinski definition) is 2. The van der Waals surface area contributed by atoms with Crippen LogP contribution in [0, 0.1) is 11.8 Å². The van der Waals surface area contributed by atoms with Gasteiger partial charge in [0.05, 0.1) is 17.9 Å². The normalized spacial score (nSPS) is 29.9. The maximum absolute atomic E-state index is 14.1. The first-order valence-corrected chi connectivity index (χ1v) is 13.9. The number of carbonyl (C=O) groups is 3. The van der Waals surface area contributed by atoms with Crippen molar-refractivity contribution in [3.8, 4) is 0 Å². The number of anilines is 1. The predicted octanol–water partition coefficient (Wildman–Crippen LogP) is 4.73. The summed E-state index contributed by atoms with van der Waals surface area (Å²) in [5.74, 6) is -2.45. The van der Waals surface area contributed by atoms with Crippen LogP contribution in [0.2, 0.25) is 10.0 Å². The summed E-state index contributed by atoms with van der Waals surface area (Å²) in [7, 11) is 0. The molecule has 3 aliphatic heterocycles. The van der Waals surface area contributed by atoms with Gasteiger partial charge in [-0.05, 0) is 48.7 Å². The molecule has 0 unspecified atom stereocenters. The fourth-order valence-electron chi connectivity index (χ4n) is 6.53. The second kappa shape index (κ2) is 10.0. The van der Waals surface area contributed by atoms with E-state index in [9.17, 15) is 14.4 Å². The molecular weight excluding hydrogens is 525 g/mol. The van der Waals surface area contributed by atoms with E-state index in [1.54, 1.807) is 35.2 Å². The number of likely N-dealkylation sites (tertiary alicyclic amines) is 1. The summed E-state index contributed by atoms with van der Waals surface area (Å²) >= 11 is 12.4. The fourth-order valence-corrected chi connectivity index (χ4v) is 6.86. The number of carbonyl (C=O) groups excluding carboxylic acids is 3. The second-order valence-corrected chi connectivity index (χ2v) is 11.4. The van der Waals surface area contributed by atoms with Crippen LogP contribution in [0.4, 0.5) is 5.69 Å². The minimum atomic E-state index is -1.22. The number of ether oxygens (including phenoxy) is 1. The third-order valence-electron chi connectivity index (χ3n) is 8.29. The lowest BCUT2D eigenvalue weighted by atomic mass is 9.74. The Balaban J connectivity index is 1.33. The first kappa shape index (κ1) is 25.4. The largest absolute Gasteiger partial charge is 0.359 e. The molecule has 38 heavy (non-hydrogen) atoms. The van der Waals surface area contributed by atoms with Gasteiger partial charge in [-0.1, -0.05) is 72.8 Å². The number of benzene rings is 2. The molecule has 2 bridgehead atoms. The van der Waals surface area contributed by atoms with Gasteiger partial charge < -0.3 is 20.3 Å². The van der Waals surface area contributed by atoms with Crippen molar-refractivity contribution in [1.29, 1.82) is 0 Å². The Hall–Kier alpha value is -2.87. The van der Waals surface area contributed by atoms with E-state index in [2.05, 4.69) is 10.6 Å². The van der Waals surface area contributed by atoms with E-state index >= 15 is 0 Å². The minimum Gasteiger partial charge on any atom is -0.359 e. The highest BCUT2D eigenvalue weighted by Gasteiger charge is 2.72. The van der Waals surface area contributed by atoms with E-state index in [4.69, 9.17) is 27.9 Å². The van der Waals surface area contributed by atoms with Crippen LogP contribution in [-0.2, 0) is 25.7 Å². The highest BCUT2D eigenvalue weighted by atomic mass is 35.5. The molecule has 3 amide bonds. The van der Waals surface area contributed by atoms with Crippen LogP contribution < -0.4 is 10.6 Å². The summed E-state index contributed by atoms with van der Waals surface area (Å²) in [4.78, 5) is 43.1. The van der Waals surface area contributed by atoms with E-state index in [0.717, 1.165) is 37.7 Å². The van der Waals surface area contributed by atoms with E-state index in [0.29, 0.717) is 15.7 Å². The Kier molecular flexibility index (Phi) is 6.70. The molecule has 4 aliphatic rings. The molecule has 0 radical (unpaired) electrons. The molecule has 2 N–H and O–H groups in total. The van der Waals surface area contributed by atoms with Gasteiger partial charge in [-0.2, -0.15) is 0 Å². The van der Waals surface area contributed by atoms with Crippen molar-refractivity contribution in [2.75, 3.05) is 5.32 Å². The molecule has 7 nitrogen and oxygen atoms in total. The number of nitrogens with one attached hydrogen (secondary N) is 2. The highest BCUT2D eigenvalue weighted by molar-refractivity contribution is 6.31. The molecule has 0 aromatic heterocycles. The van der Waals surface area contributed by atoms with Crippen molar-refractivity contribution in [2.24, 2.45) is 11.8 Å². The Morgan fingerprint density at radius 1 is 1.00 bits per heavy atom. The van der Waals surface area contributed by atoms with E-state index in [1.165, 1.54) is 0 Å². The molecule has 3 heterocycles. The van der Waals surface area contributed by atoms with Gasteiger partial charge in [-0.25, -0.2) is 0 Å². The summed E-state index contributed by atoms with van der Waals surface area (Å²) < 4.78 is 6.42. The van der Waals surface area contributed by atoms with Crippen LogP contribution in [-0.4, -0.2) is 46.4 Å². The summed E-state index contributed by atoms with van der Waals surface area (Å²) in [6.07, 6.45) is 8.17. The molecule has 1 saturated carbocycles. The minimum absolute atomic E-state index is 0.0653. The lowest BCUT2D eigenvalue weighted by Gasteiger charge is -2.34. The fraction of sp³-hybridized carbons (Fsp3) is 0.414. The Morgan fingerprint density at radius 3 is 2.47 bits per heavy atom. The molecule has 9 heteroatoms. The number of hydrogen-bond acceptors (Lipinski definition) is 4. The number of rotatable bonds is 6. The van der Waals surface area contributed by atoms with Gasteiger partial charge in [0.25, 0.3) is 0 Å². The van der Waals surface area contributed by atoms with Crippen molar-refractivity contribution in [2.45, 2.75) is 62.4 Å². The number of halogens is 2. The van der Waals surface area contributed by atoms with Crippen LogP contribution in [0.15, 0.2) is 60.7 Å². The van der Waals surface area contributed by atoms with Crippen LogP contribution in [0.3, 0.4) is 0 Å². The van der Waals surface area contributed by atoms with Gasteiger partial charge in [0.15, 0.2) is 0 Å². The molecule has 1 spiro atoms. The average Bonchev–Trinajstić information content (AvgIpc) is 3.55. The highest BCUT2D eigenvalue weighted by Crippen LogP contribution is 2.55. The average molecular weight is 554 g/mol. The lowest BCUT2D eigenvalue weighted by molar-refractivity contribution is -0.142. The molecular formula is C29H29Cl2N3O4. The Bertz CT molecular complexity index is 1290. The molecule has 198 valence electrons. The van der Waals surface area contributed by atoms with Gasteiger partial charge >= 0.3 is 0 Å². The third-order valence-corrected chi connectivity index (χ3v) is 8.91. The molecule has 1 aliphatic carbocycles. The summed E-state index contributed by atoms with van der Waals surface area (Å²) in [6.45, 7) is 0.146. The van der Waals surface area contributed by atoms with Gasteiger partial charge in [-0.15, -0.1) is 0 Å². The second-order valence-electron chi connectivity index (χ2n) is 10.6. The SMILES string of the molecule is O=C(Nc1ccc(Cl)cc1)[C@H]1[C@H]2C=C[C@@]3(O2)[C@H]1C(=O)N(Cc1ccccc1Cl)[C@@H]3C(=O)NC1CCCCC1. The van der Waals surface area contributed by atoms with Crippen LogP contribution in [0.1, 0.15) is 37.7 Å². The zero-order valence-corrected chi connectivity index (χ0v) is 22.3. The topological polar surface area (TPSA) is 87.7 Å². The predicted molar refractivity (Wildman–Crippen MR) is 145 cm³/mol. The Labute approximate surface area is 231 Å². The number of fused-ring (bicyclic) bond motifs is 1. The molecule has 5 atom stereocenters. The summed E-state index contributed by atoms with van der Waals surface area (Å²) in [5, 5.41) is 7.17. The maximum atomic E-state index is 14.1. The maximum Gasteiger partial charge on any atom is 0.246 e. The van der Waals surface area contributed by atoms with Crippen molar-refractivity contribution in [3.63, 3.8) is 0 Å². The molecule has 2 aromatic carbocycles. The first-order chi connectivity index (χ1) is 18.4. The smallest absolute Gasteiger partial charge is 0.246 e. The van der Waals surface area contributed by atoms with E-state index in [-0.39, 0.29) is 30.3 Å². The Morgan fingerprint density at radius 2 is 1.74 bits per heavy atom. The summed E-state index contributed by atoms with van der Waals surface area (Å²) in [5.41, 5.74) is 0.0873. The molecule has 3 fully saturated rings. The quantitative estimate of drug-likeness (QED) is 0.506. The van der Waals surface area contributed by atoms with Crippen molar-refractivity contribution < 1.29 is 19.1 Å². The van der Waals surface area contributed by atoms with E-state index < -0.39 is 29.6 Å². The number of nitrogens with zero attached hydrogens (tertiary/aromatic N) is 1. The molecule has 2 saturated heterocycles. The zero-order chi connectivity index (χ0) is 26.4.